The van der Waals surface area contributed by atoms with E-state index < -0.39 is 0 Å². The molecular formula is C9H11NO. The molecule has 1 heterocycles. The summed E-state index contributed by atoms with van der Waals surface area (Å²) in [5.74, 6) is 0.585. The molecule has 2 atom stereocenters. The van der Waals surface area contributed by atoms with Gasteiger partial charge < -0.3 is 5.32 Å². The average molecular weight is 149 g/mol. The zero-order valence-corrected chi connectivity index (χ0v) is 6.50. The fraction of sp³-hybridized carbons (Fsp3) is 0.444. The second-order valence-corrected chi connectivity index (χ2v) is 3.23. The zero-order valence-electron chi connectivity index (χ0n) is 6.50. The van der Waals surface area contributed by atoms with Crippen molar-refractivity contribution < 1.29 is 4.79 Å². The van der Waals surface area contributed by atoms with E-state index in [9.17, 15) is 4.79 Å². The van der Waals surface area contributed by atoms with Crippen LogP contribution in [0, 0.1) is 5.92 Å². The van der Waals surface area contributed by atoms with E-state index in [0.29, 0.717) is 12.3 Å². The minimum atomic E-state index is 0.176. The summed E-state index contributed by atoms with van der Waals surface area (Å²) >= 11 is 0. The minimum absolute atomic E-state index is 0.176. The molecule has 1 amide bonds. The van der Waals surface area contributed by atoms with Crippen molar-refractivity contribution in [3.05, 3.63) is 23.8 Å². The van der Waals surface area contributed by atoms with Crippen LogP contribution >= 0.6 is 0 Å². The van der Waals surface area contributed by atoms with Gasteiger partial charge in [0.2, 0.25) is 5.91 Å². The fourth-order valence-corrected chi connectivity index (χ4v) is 1.66. The second kappa shape index (κ2) is 2.22. The molecule has 0 saturated carbocycles. The van der Waals surface area contributed by atoms with Crippen LogP contribution in [0.2, 0.25) is 0 Å². The van der Waals surface area contributed by atoms with Crippen LogP contribution in [0.4, 0.5) is 0 Å². The molecule has 1 fully saturated rings. The van der Waals surface area contributed by atoms with Crippen molar-refractivity contribution in [2.45, 2.75) is 19.4 Å². The van der Waals surface area contributed by atoms with Gasteiger partial charge in [-0.3, -0.25) is 4.79 Å². The highest BCUT2D eigenvalue weighted by Gasteiger charge is 2.29. The Morgan fingerprint density at radius 3 is 3.27 bits per heavy atom. The first-order chi connectivity index (χ1) is 5.25. The third kappa shape index (κ3) is 1.09. The first-order valence-electron chi connectivity index (χ1n) is 3.92. The Balaban J connectivity index is 2.23. The molecule has 0 aromatic heterocycles. The zero-order chi connectivity index (χ0) is 7.84. The van der Waals surface area contributed by atoms with Crippen molar-refractivity contribution in [2.24, 2.45) is 5.92 Å². The number of carbonyl (C=O) groups is 1. The molecule has 0 spiro atoms. The van der Waals surface area contributed by atoms with Crippen molar-refractivity contribution in [3.8, 4) is 0 Å². The molecule has 2 nitrogen and oxygen atoms in total. The number of hydrogen-bond acceptors (Lipinski definition) is 1. The van der Waals surface area contributed by atoms with Crippen LogP contribution in [0.25, 0.3) is 0 Å². The molecular weight excluding hydrogens is 138 g/mol. The van der Waals surface area contributed by atoms with Gasteiger partial charge in [-0.2, -0.15) is 0 Å². The Hall–Kier alpha value is -1.05. The molecule has 1 N–H and O–H groups in total. The Kier molecular flexibility index (Phi) is 1.34. The van der Waals surface area contributed by atoms with Crippen molar-refractivity contribution in [1.82, 2.24) is 5.32 Å². The van der Waals surface area contributed by atoms with E-state index in [1.54, 1.807) is 0 Å². The van der Waals surface area contributed by atoms with Crippen LogP contribution in [0.3, 0.4) is 0 Å². The van der Waals surface area contributed by atoms with Crippen LogP contribution in [0.5, 0.6) is 0 Å². The summed E-state index contributed by atoms with van der Waals surface area (Å²) < 4.78 is 0. The van der Waals surface area contributed by atoms with Gasteiger partial charge in [-0.05, 0) is 6.92 Å². The molecule has 0 aromatic carbocycles. The predicted octanol–water partition coefficient (Wildman–Crippen LogP) is 1.01. The summed E-state index contributed by atoms with van der Waals surface area (Å²) in [5, 5.41) is 2.92. The number of allylic oxidation sites excluding steroid dienone is 2. The summed E-state index contributed by atoms with van der Waals surface area (Å²) in [6.45, 7) is 2.05. The number of fused-ring (bicyclic) bond motifs is 1. The van der Waals surface area contributed by atoms with Gasteiger partial charge in [0, 0.05) is 12.3 Å². The molecule has 1 aliphatic carbocycles. The molecule has 0 aromatic rings. The summed E-state index contributed by atoms with van der Waals surface area (Å²) in [5.41, 5.74) is 1.24. The molecule has 11 heavy (non-hydrogen) atoms. The lowest BCUT2D eigenvalue weighted by atomic mass is 9.93. The lowest BCUT2D eigenvalue weighted by molar-refractivity contribution is -0.119. The lowest BCUT2D eigenvalue weighted by Crippen LogP contribution is -2.27. The number of hydrogen-bond donors (Lipinski definition) is 1. The number of rotatable bonds is 0. The van der Waals surface area contributed by atoms with Crippen LogP contribution in [0.15, 0.2) is 23.8 Å². The lowest BCUT2D eigenvalue weighted by Gasteiger charge is -2.15. The van der Waals surface area contributed by atoms with Crippen LogP contribution < -0.4 is 5.32 Å². The average Bonchev–Trinajstić information content (AvgIpc) is 2.27. The van der Waals surface area contributed by atoms with Crippen molar-refractivity contribution >= 4 is 5.91 Å². The SMILES string of the molecule is CC1=CC2NC(=O)CC2C=C1. The van der Waals surface area contributed by atoms with Gasteiger partial charge in [-0.1, -0.05) is 23.8 Å². The first kappa shape index (κ1) is 6.65. The van der Waals surface area contributed by atoms with Crippen LogP contribution in [-0.2, 0) is 4.79 Å². The van der Waals surface area contributed by atoms with Gasteiger partial charge in [-0.15, -0.1) is 0 Å². The summed E-state index contributed by atoms with van der Waals surface area (Å²) in [4.78, 5) is 10.9. The number of nitrogens with one attached hydrogen (secondary N) is 1. The summed E-state index contributed by atoms with van der Waals surface area (Å²) in [6.07, 6.45) is 6.99. The minimum Gasteiger partial charge on any atom is -0.349 e. The molecule has 58 valence electrons. The maximum Gasteiger partial charge on any atom is 0.221 e. The monoisotopic (exact) mass is 149 g/mol. The molecule has 0 radical (unpaired) electrons. The molecule has 0 bridgehead atoms. The van der Waals surface area contributed by atoms with E-state index in [4.69, 9.17) is 0 Å². The Morgan fingerprint density at radius 1 is 1.64 bits per heavy atom. The van der Waals surface area contributed by atoms with Gasteiger partial charge in [0.15, 0.2) is 0 Å². The largest absolute Gasteiger partial charge is 0.349 e. The first-order valence-corrected chi connectivity index (χ1v) is 3.92. The van der Waals surface area contributed by atoms with E-state index in [0.717, 1.165) is 0 Å². The fourth-order valence-electron chi connectivity index (χ4n) is 1.66. The van der Waals surface area contributed by atoms with E-state index in [1.165, 1.54) is 5.57 Å². The highest BCUT2D eigenvalue weighted by Crippen LogP contribution is 2.24. The Bertz CT molecular complexity index is 252. The molecule has 1 aliphatic heterocycles. The van der Waals surface area contributed by atoms with Gasteiger partial charge in [0.05, 0.1) is 6.04 Å². The van der Waals surface area contributed by atoms with Gasteiger partial charge in [0.1, 0.15) is 0 Å². The van der Waals surface area contributed by atoms with Gasteiger partial charge >= 0.3 is 0 Å². The van der Waals surface area contributed by atoms with E-state index >= 15 is 0 Å². The van der Waals surface area contributed by atoms with E-state index in [-0.39, 0.29) is 11.9 Å². The quantitative estimate of drug-likeness (QED) is 0.547. The maximum absolute atomic E-state index is 10.9. The third-order valence-electron chi connectivity index (χ3n) is 2.26. The molecule has 2 unspecified atom stereocenters. The maximum atomic E-state index is 10.9. The second-order valence-electron chi connectivity index (χ2n) is 3.23. The van der Waals surface area contributed by atoms with Crippen LogP contribution in [-0.4, -0.2) is 11.9 Å². The van der Waals surface area contributed by atoms with Crippen molar-refractivity contribution in [1.29, 1.82) is 0 Å². The molecule has 2 heteroatoms. The van der Waals surface area contributed by atoms with Crippen molar-refractivity contribution in [3.63, 3.8) is 0 Å². The Morgan fingerprint density at radius 2 is 2.45 bits per heavy atom. The number of amides is 1. The van der Waals surface area contributed by atoms with Gasteiger partial charge in [0.25, 0.3) is 0 Å². The Labute approximate surface area is 66.0 Å². The normalized spacial score (nSPS) is 34.6. The molecule has 1 saturated heterocycles. The van der Waals surface area contributed by atoms with Crippen LogP contribution in [0.1, 0.15) is 13.3 Å². The predicted molar refractivity (Wildman–Crippen MR) is 42.9 cm³/mol. The topological polar surface area (TPSA) is 29.1 Å². The summed E-state index contributed by atoms with van der Waals surface area (Å²) in [7, 11) is 0. The van der Waals surface area contributed by atoms with E-state index in [1.807, 2.05) is 0 Å². The third-order valence-corrected chi connectivity index (χ3v) is 2.26. The van der Waals surface area contributed by atoms with Crippen molar-refractivity contribution in [2.75, 3.05) is 0 Å². The molecule has 2 aliphatic rings. The smallest absolute Gasteiger partial charge is 0.221 e. The standard InChI is InChI=1S/C9H11NO/c1-6-2-3-7-5-9(11)10-8(7)4-6/h2-4,7-8H,5H2,1H3,(H,10,11). The highest BCUT2D eigenvalue weighted by molar-refractivity contribution is 5.80. The van der Waals surface area contributed by atoms with E-state index in [2.05, 4.69) is 30.5 Å². The number of carbonyl (C=O) groups excluding carboxylic acids is 1. The highest BCUT2D eigenvalue weighted by atomic mass is 16.1. The summed E-state index contributed by atoms with van der Waals surface area (Å²) in [6, 6.07) is 0.271. The van der Waals surface area contributed by atoms with Gasteiger partial charge in [-0.25, -0.2) is 0 Å². The molecule has 2 rings (SSSR count).